The minimum Gasteiger partial charge on any atom is -0.459 e. The second-order valence-corrected chi connectivity index (χ2v) is 6.79. The molecule has 1 atom stereocenters. The molecule has 0 radical (unpaired) electrons. The second-order valence-electron chi connectivity index (χ2n) is 5.93. The van der Waals surface area contributed by atoms with Crippen molar-refractivity contribution in [2.24, 2.45) is 0 Å². The Morgan fingerprint density at radius 2 is 2.25 bits per heavy atom. The number of nitrogens with zero attached hydrogens (tertiary/aromatic N) is 4. The molecule has 0 saturated heterocycles. The van der Waals surface area contributed by atoms with E-state index in [0.29, 0.717) is 23.0 Å². The van der Waals surface area contributed by atoms with Gasteiger partial charge in [0.15, 0.2) is 10.8 Å². The molecule has 0 spiro atoms. The molecule has 0 aliphatic carbocycles. The summed E-state index contributed by atoms with van der Waals surface area (Å²) in [6, 6.07) is 3.82. The van der Waals surface area contributed by atoms with Gasteiger partial charge < -0.3 is 14.3 Å². The third-order valence-electron chi connectivity index (χ3n) is 4.15. The van der Waals surface area contributed by atoms with Gasteiger partial charge in [0.05, 0.1) is 0 Å². The zero-order chi connectivity index (χ0) is 16.7. The minimum absolute atomic E-state index is 0.0655. The Balaban J connectivity index is 1.45. The van der Waals surface area contributed by atoms with Crippen molar-refractivity contribution in [3.8, 4) is 10.8 Å². The number of nitrogens with one attached hydrogen (secondary N) is 1. The molecule has 7 nitrogen and oxygen atoms in total. The lowest BCUT2D eigenvalue weighted by Gasteiger charge is -2.24. The molecule has 24 heavy (non-hydrogen) atoms. The normalized spacial score (nSPS) is 16.8. The van der Waals surface area contributed by atoms with Gasteiger partial charge in [-0.1, -0.05) is 0 Å². The number of hydrogen-bond donors (Lipinski definition) is 1. The molecular weight excluding hydrogens is 326 g/mol. The molecule has 1 unspecified atom stereocenters. The van der Waals surface area contributed by atoms with Gasteiger partial charge in [0.25, 0.3) is 5.91 Å². The highest BCUT2D eigenvalue weighted by molar-refractivity contribution is 7.13. The van der Waals surface area contributed by atoms with Crippen LogP contribution in [0.25, 0.3) is 10.8 Å². The van der Waals surface area contributed by atoms with Gasteiger partial charge in [-0.3, -0.25) is 4.79 Å². The quantitative estimate of drug-likeness (QED) is 0.789. The summed E-state index contributed by atoms with van der Waals surface area (Å²) >= 11 is 1.41. The maximum absolute atomic E-state index is 12.5. The minimum atomic E-state index is -0.153. The van der Waals surface area contributed by atoms with Crippen LogP contribution in [0.1, 0.15) is 34.3 Å². The van der Waals surface area contributed by atoms with Crippen molar-refractivity contribution in [1.82, 2.24) is 25.1 Å². The fraction of sp³-hybridized carbons (Fsp3) is 0.375. The highest BCUT2D eigenvalue weighted by Crippen LogP contribution is 2.25. The molecular formula is C16H17N5O2S. The predicted molar refractivity (Wildman–Crippen MR) is 88.9 cm³/mol. The number of amides is 1. The lowest BCUT2D eigenvalue weighted by atomic mass is 10.1. The molecule has 0 saturated carbocycles. The Kier molecular flexibility index (Phi) is 3.68. The summed E-state index contributed by atoms with van der Waals surface area (Å²) in [4.78, 5) is 16.9. The van der Waals surface area contributed by atoms with Crippen LogP contribution >= 0.6 is 11.3 Å². The Hall–Kier alpha value is -2.48. The maximum atomic E-state index is 12.5. The maximum Gasteiger partial charge on any atom is 0.271 e. The summed E-state index contributed by atoms with van der Waals surface area (Å²) < 4.78 is 7.62. The van der Waals surface area contributed by atoms with Crippen LogP contribution in [0.15, 0.2) is 21.9 Å². The van der Waals surface area contributed by atoms with E-state index in [-0.39, 0.29) is 11.9 Å². The van der Waals surface area contributed by atoms with Crippen LogP contribution in [0.2, 0.25) is 0 Å². The first-order valence-electron chi connectivity index (χ1n) is 7.82. The van der Waals surface area contributed by atoms with Gasteiger partial charge in [-0.2, -0.15) is 0 Å². The van der Waals surface area contributed by atoms with Gasteiger partial charge in [-0.25, -0.2) is 4.98 Å². The Labute approximate surface area is 142 Å². The van der Waals surface area contributed by atoms with E-state index in [1.54, 1.807) is 5.38 Å². The number of fused-ring (bicyclic) bond motifs is 1. The molecule has 3 aromatic heterocycles. The summed E-state index contributed by atoms with van der Waals surface area (Å²) in [5, 5.41) is 13.8. The van der Waals surface area contributed by atoms with Gasteiger partial charge in [0.2, 0.25) is 0 Å². The van der Waals surface area contributed by atoms with Crippen molar-refractivity contribution in [3.05, 3.63) is 40.6 Å². The largest absolute Gasteiger partial charge is 0.459 e. The zero-order valence-corrected chi connectivity index (χ0v) is 14.3. The number of hydrogen-bond acceptors (Lipinski definition) is 6. The van der Waals surface area contributed by atoms with E-state index in [9.17, 15) is 4.79 Å². The van der Waals surface area contributed by atoms with Crippen molar-refractivity contribution in [1.29, 1.82) is 0 Å². The molecule has 1 aliphatic heterocycles. The van der Waals surface area contributed by atoms with Crippen LogP contribution in [0.3, 0.4) is 0 Å². The SMILES string of the molecule is Cc1ccc(-c2nc(C(=O)NC3CCc4nnc(C)n4C3)cs2)o1. The first kappa shape index (κ1) is 15.1. The fourth-order valence-corrected chi connectivity index (χ4v) is 3.64. The lowest BCUT2D eigenvalue weighted by molar-refractivity contribution is 0.0923. The molecule has 3 aromatic rings. The molecule has 0 bridgehead atoms. The Morgan fingerprint density at radius 1 is 1.38 bits per heavy atom. The Bertz CT molecular complexity index is 894. The van der Waals surface area contributed by atoms with Crippen LogP contribution < -0.4 is 5.32 Å². The number of aromatic nitrogens is 4. The zero-order valence-electron chi connectivity index (χ0n) is 13.4. The Morgan fingerprint density at radius 3 is 3.04 bits per heavy atom. The number of carbonyl (C=O) groups excluding carboxylic acids is 1. The number of carbonyl (C=O) groups is 1. The fourth-order valence-electron chi connectivity index (χ4n) is 2.88. The number of thiazole rings is 1. The van der Waals surface area contributed by atoms with E-state index in [1.807, 2.05) is 26.0 Å². The van der Waals surface area contributed by atoms with Gasteiger partial charge in [-0.05, 0) is 32.4 Å². The summed E-state index contributed by atoms with van der Waals surface area (Å²) in [7, 11) is 0. The van der Waals surface area contributed by atoms with E-state index in [1.165, 1.54) is 11.3 Å². The predicted octanol–water partition coefficient (Wildman–Crippen LogP) is 2.36. The van der Waals surface area contributed by atoms with Crippen molar-refractivity contribution in [2.75, 3.05) is 0 Å². The molecule has 4 rings (SSSR count). The number of aryl methyl sites for hydroxylation is 3. The average Bonchev–Trinajstić information content (AvgIpc) is 3.28. The van der Waals surface area contributed by atoms with Crippen LogP contribution in [0.4, 0.5) is 0 Å². The standard InChI is InChI=1S/C16H17N5O2S/c1-9-3-5-13(23-9)16-18-12(8-24-16)15(22)17-11-4-6-14-20-19-10(2)21(14)7-11/h3,5,8,11H,4,6-7H2,1-2H3,(H,17,22). The molecule has 124 valence electrons. The third-order valence-corrected chi connectivity index (χ3v) is 5.01. The van der Waals surface area contributed by atoms with Crippen LogP contribution in [0.5, 0.6) is 0 Å². The smallest absolute Gasteiger partial charge is 0.271 e. The van der Waals surface area contributed by atoms with E-state index in [2.05, 4.69) is 25.1 Å². The molecule has 4 heterocycles. The van der Waals surface area contributed by atoms with E-state index >= 15 is 0 Å². The number of furan rings is 1. The van der Waals surface area contributed by atoms with Crippen molar-refractivity contribution < 1.29 is 9.21 Å². The lowest BCUT2D eigenvalue weighted by Crippen LogP contribution is -2.41. The van der Waals surface area contributed by atoms with Crippen molar-refractivity contribution in [2.45, 2.75) is 39.3 Å². The highest BCUT2D eigenvalue weighted by Gasteiger charge is 2.24. The van der Waals surface area contributed by atoms with Gasteiger partial charge >= 0.3 is 0 Å². The van der Waals surface area contributed by atoms with Crippen LogP contribution in [-0.4, -0.2) is 31.7 Å². The topological polar surface area (TPSA) is 85.8 Å². The summed E-state index contributed by atoms with van der Waals surface area (Å²) in [5.41, 5.74) is 0.426. The molecule has 1 aliphatic rings. The van der Waals surface area contributed by atoms with E-state index in [4.69, 9.17) is 4.42 Å². The summed E-state index contributed by atoms with van der Waals surface area (Å²) in [6.45, 7) is 4.52. The van der Waals surface area contributed by atoms with Gasteiger partial charge in [0.1, 0.15) is 23.1 Å². The molecule has 8 heteroatoms. The third kappa shape index (κ3) is 2.73. The van der Waals surface area contributed by atoms with Crippen LogP contribution in [-0.2, 0) is 13.0 Å². The van der Waals surface area contributed by atoms with E-state index in [0.717, 1.165) is 30.3 Å². The van der Waals surface area contributed by atoms with Crippen molar-refractivity contribution >= 4 is 17.2 Å². The second kappa shape index (κ2) is 5.86. The summed E-state index contributed by atoms with van der Waals surface area (Å²) in [6.07, 6.45) is 1.68. The highest BCUT2D eigenvalue weighted by atomic mass is 32.1. The number of rotatable bonds is 3. The van der Waals surface area contributed by atoms with Gasteiger partial charge in [-0.15, -0.1) is 21.5 Å². The molecule has 1 amide bonds. The first-order valence-corrected chi connectivity index (χ1v) is 8.70. The average molecular weight is 343 g/mol. The van der Waals surface area contributed by atoms with E-state index < -0.39 is 0 Å². The first-order chi connectivity index (χ1) is 11.6. The summed E-state index contributed by atoms with van der Waals surface area (Å²) in [5.74, 6) is 3.24. The van der Waals surface area contributed by atoms with Crippen LogP contribution in [0, 0.1) is 13.8 Å². The van der Waals surface area contributed by atoms with Gasteiger partial charge in [0, 0.05) is 24.4 Å². The monoisotopic (exact) mass is 343 g/mol. The molecule has 0 aromatic carbocycles. The molecule has 0 fully saturated rings. The van der Waals surface area contributed by atoms with Crippen molar-refractivity contribution in [3.63, 3.8) is 0 Å². The molecule has 1 N–H and O–H groups in total.